The second-order valence-electron chi connectivity index (χ2n) is 8.04. The fourth-order valence-corrected chi connectivity index (χ4v) is 3.75. The van der Waals surface area contributed by atoms with Gasteiger partial charge in [0.05, 0.1) is 35.7 Å². The molecule has 4 rings (SSSR count). The number of hydrogen-bond acceptors (Lipinski definition) is 7. The lowest BCUT2D eigenvalue weighted by Crippen LogP contribution is -2.22. The van der Waals surface area contributed by atoms with Gasteiger partial charge in [0.15, 0.2) is 11.4 Å². The first-order valence-corrected chi connectivity index (χ1v) is 12.2. The Kier molecular flexibility index (Phi) is 8.47. The molecule has 3 aromatic rings. The number of allylic oxidation sites excluding steroid dienone is 4. The molecule has 0 aliphatic carbocycles. The normalized spacial score (nSPS) is 14.4. The molecule has 2 heterocycles. The Bertz CT molecular complexity index is 1550. The summed E-state index contributed by atoms with van der Waals surface area (Å²) >= 11 is 0. The maximum Gasteiger partial charge on any atom is 0.359 e. The zero-order chi connectivity index (χ0) is 27.8. The molecule has 0 radical (unpaired) electrons. The zero-order valence-electron chi connectivity index (χ0n) is 21.4. The highest BCUT2D eigenvalue weighted by molar-refractivity contribution is 6.53. The van der Waals surface area contributed by atoms with Gasteiger partial charge in [-0.2, -0.15) is 10.1 Å². The minimum absolute atomic E-state index is 0.00918. The number of aromatic amines is 1. The van der Waals surface area contributed by atoms with Crippen molar-refractivity contribution in [1.29, 1.82) is 0 Å². The number of H-pyrrole nitrogens is 1. The van der Waals surface area contributed by atoms with E-state index in [0.29, 0.717) is 11.4 Å². The maximum absolute atomic E-state index is 13.1. The molecule has 0 bridgehead atoms. The van der Waals surface area contributed by atoms with Crippen LogP contribution in [0.2, 0.25) is 0 Å². The molecule has 10 nitrogen and oxygen atoms in total. The fourth-order valence-electron chi connectivity index (χ4n) is 3.75. The van der Waals surface area contributed by atoms with Gasteiger partial charge in [-0.25, -0.2) is 14.3 Å². The van der Waals surface area contributed by atoms with Crippen LogP contribution < -0.4 is 10.6 Å². The van der Waals surface area contributed by atoms with Crippen molar-refractivity contribution >= 4 is 35.3 Å². The monoisotopic (exact) mass is 526 g/mol. The number of hydrazone groups is 1. The smallest absolute Gasteiger partial charge is 0.359 e. The Hall–Kier alpha value is -5.25. The van der Waals surface area contributed by atoms with Crippen LogP contribution in [0.3, 0.4) is 0 Å². The SMILES string of the molecule is CCOC(=O)C1=NN(c2ccccc2)C(=O)\C1=C/C=C/C=C/c1c(C(=O)OCC)[nH]n(-c2ccccc2)c1=O. The maximum atomic E-state index is 13.1. The highest BCUT2D eigenvalue weighted by Gasteiger charge is 2.35. The predicted molar refractivity (Wildman–Crippen MR) is 147 cm³/mol. The molecular formula is C29H26N4O6. The number of benzene rings is 2. The molecule has 0 fully saturated rings. The van der Waals surface area contributed by atoms with Gasteiger partial charge in [0, 0.05) is 0 Å². The standard InChI is InChI=1S/C29H26N4O6/c1-3-38-28(36)24-22(26(34)32(30-24)20-14-8-5-9-15-20)18-12-7-13-19-23-25(29(37)39-4-2)31-33(27(23)35)21-16-10-6-11-17-21/h5-19,30H,3-4H2,1-2H3/b13-7+,18-12+,23-19-. The lowest BCUT2D eigenvalue weighted by Gasteiger charge is -2.10. The van der Waals surface area contributed by atoms with Crippen LogP contribution in [0.4, 0.5) is 5.69 Å². The number of rotatable bonds is 9. The molecule has 0 saturated carbocycles. The number of para-hydroxylation sites is 2. The number of esters is 2. The first kappa shape index (κ1) is 26.8. The number of carbonyl (C=O) groups is 3. The molecule has 1 aliphatic heterocycles. The summed E-state index contributed by atoms with van der Waals surface area (Å²) in [5, 5.41) is 8.14. The van der Waals surface area contributed by atoms with E-state index in [9.17, 15) is 19.2 Å². The summed E-state index contributed by atoms with van der Waals surface area (Å²) < 4.78 is 11.4. The second kappa shape index (κ2) is 12.3. The summed E-state index contributed by atoms with van der Waals surface area (Å²) in [6.45, 7) is 3.61. The molecule has 1 aliphatic rings. The molecule has 1 amide bonds. The van der Waals surface area contributed by atoms with Crippen LogP contribution >= 0.6 is 0 Å². The van der Waals surface area contributed by atoms with Gasteiger partial charge in [-0.15, -0.1) is 0 Å². The minimum atomic E-state index is -0.715. The lowest BCUT2D eigenvalue weighted by molar-refractivity contribution is -0.135. The van der Waals surface area contributed by atoms with E-state index < -0.39 is 23.4 Å². The third-order valence-electron chi connectivity index (χ3n) is 5.52. The predicted octanol–water partition coefficient (Wildman–Crippen LogP) is 3.80. The van der Waals surface area contributed by atoms with Crippen LogP contribution in [0.25, 0.3) is 11.8 Å². The van der Waals surface area contributed by atoms with Crippen LogP contribution in [0.5, 0.6) is 0 Å². The number of nitrogens with one attached hydrogen (secondary N) is 1. The first-order chi connectivity index (χ1) is 19.0. The first-order valence-electron chi connectivity index (χ1n) is 12.2. The van der Waals surface area contributed by atoms with Crippen molar-refractivity contribution in [1.82, 2.24) is 9.78 Å². The van der Waals surface area contributed by atoms with E-state index in [0.717, 1.165) is 5.01 Å². The molecule has 0 saturated heterocycles. The number of ether oxygens (including phenoxy) is 2. The van der Waals surface area contributed by atoms with Gasteiger partial charge < -0.3 is 9.47 Å². The highest BCUT2D eigenvalue weighted by Crippen LogP contribution is 2.24. The zero-order valence-corrected chi connectivity index (χ0v) is 21.4. The van der Waals surface area contributed by atoms with Crippen LogP contribution in [-0.2, 0) is 19.1 Å². The van der Waals surface area contributed by atoms with Crippen LogP contribution in [0.1, 0.15) is 29.9 Å². The van der Waals surface area contributed by atoms with E-state index in [1.54, 1.807) is 74.5 Å². The van der Waals surface area contributed by atoms with Crippen molar-refractivity contribution in [3.05, 3.63) is 112 Å². The van der Waals surface area contributed by atoms with E-state index >= 15 is 0 Å². The molecule has 0 spiro atoms. The summed E-state index contributed by atoms with van der Waals surface area (Å²) in [7, 11) is 0. The molecule has 2 aromatic carbocycles. The number of anilines is 1. The van der Waals surface area contributed by atoms with Gasteiger partial charge in [0.1, 0.15) is 0 Å². The van der Waals surface area contributed by atoms with Crippen LogP contribution in [-0.4, -0.2) is 46.6 Å². The molecule has 39 heavy (non-hydrogen) atoms. The van der Waals surface area contributed by atoms with Gasteiger partial charge in [-0.1, -0.05) is 54.6 Å². The Labute approximate surface area is 224 Å². The second-order valence-corrected chi connectivity index (χ2v) is 8.04. The quantitative estimate of drug-likeness (QED) is 0.257. The number of amides is 1. The largest absolute Gasteiger partial charge is 0.461 e. The van der Waals surface area contributed by atoms with Crippen molar-refractivity contribution in [3.8, 4) is 5.69 Å². The van der Waals surface area contributed by atoms with Crippen molar-refractivity contribution in [2.75, 3.05) is 18.2 Å². The average Bonchev–Trinajstić information content (AvgIpc) is 3.46. The lowest BCUT2D eigenvalue weighted by atomic mass is 10.1. The van der Waals surface area contributed by atoms with Crippen molar-refractivity contribution in [2.24, 2.45) is 5.10 Å². The van der Waals surface area contributed by atoms with Crippen molar-refractivity contribution < 1.29 is 23.9 Å². The topological polar surface area (TPSA) is 123 Å². The molecule has 0 atom stereocenters. The van der Waals surface area contributed by atoms with Gasteiger partial charge in [0.2, 0.25) is 0 Å². The van der Waals surface area contributed by atoms with Crippen molar-refractivity contribution in [3.63, 3.8) is 0 Å². The van der Waals surface area contributed by atoms with Crippen LogP contribution in [0, 0.1) is 0 Å². The van der Waals surface area contributed by atoms with Gasteiger partial charge in [-0.3, -0.25) is 14.7 Å². The molecule has 10 heteroatoms. The van der Waals surface area contributed by atoms with Gasteiger partial charge in [0.25, 0.3) is 11.5 Å². The summed E-state index contributed by atoms with van der Waals surface area (Å²) in [5.41, 5.74) is 0.688. The Morgan fingerprint density at radius 1 is 0.846 bits per heavy atom. The number of hydrogen-bond donors (Lipinski definition) is 1. The molecular weight excluding hydrogens is 500 g/mol. The van der Waals surface area contributed by atoms with Crippen LogP contribution in [0.15, 0.2) is 100 Å². The summed E-state index contributed by atoms with van der Waals surface area (Å²) in [6, 6.07) is 17.5. The average molecular weight is 527 g/mol. The summed E-state index contributed by atoms with van der Waals surface area (Å²) in [5.74, 6) is -1.87. The van der Waals surface area contributed by atoms with E-state index in [4.69, 9.17) is 9.47 Å². The van der Waals surface area contributed by atoms with E-state index in [2.05, 4.69) is 10.2 Å². The Morgan fingerprint density at radius 2 is 1.46 bits per heavy atom. The minimum Gasteiger partial charge on any atom is -0.461 e. The molecule has 1 aromatic heterocycles. The Balaban J connectivity index is 1.62. The van der Waals surface area contributed by atoms with Crippen molar-refractivity contribution in [2.45, 2.75) is 13.8 Å². The highest BCUT2D eigenvalue weighted by atomic mass is 16.5. The number of aromatic nitrogens is 2. The van der Waals surface area contributed by atoms with E-state index in [-0.39, 0.29) is 35.8 Å². The third-order valence-corrected chi connectivity index (χ3v) is 5.52. The fraction of sp³-hybridized carbons (Fsp3) is 0.138. The van der Waals surface area contributed by atoms with E-state index in [1.807, 2.05) is 6.07 Å². The summed E-state index contributed by atoms with van der Waals surface area (Å²) in [6.07, 6.45) is 7.53. The van der Waals surface area contributed by atoms with Gasteiger partial charge in [-0.05, 0) is 50.3 Å². The molecule has 0 unspecified atom stereocenters. The number of carbonyl (C=O) groups excluding carboxylic acids is 3. The van der Waals surface area contributed by atoms with E-state index in [1.165, 1.54) is 29.0 Å². The molecule has 1 N–H and O–H groups in total. The summed E-state index contributed by atoms with van der Waals surface area (Å²) in [4.78, 5) is 51.1. The third kappa shape index (κ3) is 5.85. The van der Waals surface area contributed by atoms with Gasteiger partial charge >= 0.3 is 11.9 Å². The number of nitrogens with zero attached hydrogens (tertiary/aromatic N) is 3. The molecule has 198 valence electrons. The Morgan fingerprint density at radius 3 is 2.10 bits per heavy atom.